The van der Waals surface area contributed by atoms with Crippen molar-refractivity contribution in [1.82, 2.24) is 9.97 Å². The Balaban J connectivity index is 1.98. The van der Waals surface area contributed by atoms with Gasteiger partial charge in [-0.3, -0.25) is 4.79 Å². The first-order valence-electron chi connectivity index (χ1n) is 7.88. The fourth-order valence-electron chi connectivity index (χ4n) is 2.14. The molecule has 0 atom stereocenters. The van der Waals surface area contributed by atoms with Gasteiger partial charge in [-0.2, -0.15) is 0 Å². The number of rotatable bonds is 8. The summed E-state index contributed by atoms with van der Waals surface area (Å²) in [6.07, 6.45) is 5.06. The van der Waals surface area contributed by atoms with E-state index < -0.39 is 0 Å². The fraction of sp³-hybridized carbons (Fsp3) is 0.353. The van der Waals surface area contributed by atoms with E-state index in [1.54, 1.807) is 0 Å². The van der Waals surface area contributed by atoms with Gasteiger partial charge in [0.1, 0.15) is 18.0 Å². The highest BCUT2D eigenvalue weighted by Gasteiger charge is 2.01. The monoisotopic (exact) mass is 313 g/mol. The average molecular weight is 313 g/mol. The van der Waals surface area contributed by atoms with Gasteiger partial charge in [0.25, 0.3) is 0 Å². The second-order valence-electron chi connectivity index (χ2n) is 5.31. The molecule has 0 aliphatic carbocycles. The third-order valence-corrected chi connectivity index (χ3v) is 3.21. The van der Waals surface area contributed by atoms with Crippen LogP contribution in [0.1, 0.15) is 33.1 Å². The lowest BCUT2D eigenvalue weighted by molar-refractivity contribution is -0.114. The van der Waals surface area contributed by atoms with E-state index in [0.717, 1.165) is 30.2 Å². The molecule has 0 aliphatic rings. The van der Waals surface area contributed by atoms with Crippen LogP contribution < -0.4 is 16.0 Å². The lowest BCUT2D eigenvalue weighted by Crippen LogP contribution is -2.06. The van der Waals surface area contributed by atoms with E-state index in [1.807, 2.05) is 30.3 Å². The summed E-state index contributed by atoms with van der Waals surface area (Å²) in [6, 6.07) is 9.36. The first-order valence-corrected chi connectivity index (χ1v) is 7.88. The van der Waals surface area contributed by atoms with E-state index in [0.29, 0.717) is 5.82 Å². The molecule has 0 saturated carbocycles. The van der Waals surface area contributed by atoms with Crippen LogP contribution >= 0.6 is 0 Å². The van der Waals surface area contributed by atoms with E-state index in [-0.39, 0.29) is 5.91 Å². The van der Waals surface area contributed by atoms with Crippen LogP contribution in [0.15, 0.2) is 36.7 Å². The van der Waals surface area contributed by atoms with Gasteiger partial charge in [-0.15, -0.1) is 0 Å². The van der Waals surface area contributed by atoms with Crippen molar-refractivity contribution in [2.45, 2.75) is 33.1 Å². The van der Waals surface area contributed by atoms with Gasteiger partial charge in [0.2, 0.25) is 5.91 Å². The highest BCUT2D eigenvalue weighted by atomic mass is 16.1. The smallest absolute Gasteiger partial charge is 0.221 e. The molecule has 23 heavy (non-hydrogen) atoms. The molecule has 6 nitrogen and oxygen atoms in total. The summed E-state index contributed by atoms with van der Waals surface area (Å²) in [7, 11) is 0. The molecule has 0 aliphatic heterocycles. The number of aromatic nitrogens is 2. The van der Waals surface area contributed by atoms with Crippen LogP contribution in [0.25, 0.3) is 0 Å². The quantitative estimate of drug-likeness (QED) is 0.646. The third-order valence-electron chi connectivity index (χ3n) is 3.21. The highest BCUT2D eigenvalue weighted by Crippen LogP contribution is 2.20. The van der Waals surface area contributed by atoms with Crippen molar-refractivity contribution in [2.24, 2.45) is 0 Å². The average Bonchev–Trinajstić information content (AvgIpc) is 2.52. The molecule has 1 heterocycles. The predicted molar refractivity (Wildman–Crippen MR) is 94.1 cm³/mol. The summed E-state index contributed by atoms with van der Waals surface area (Å²) < 4.78 is 0. The maximum atomic E-state index is 11.1. The van der Waals surface area contributed by atoms with Crippen molar-refractivity contribution >= 4 is 28.9 Å². The Labute approximate surface area is 136 Å². The van der Waals surface area contributed by atoms with Gasteiger partial charge in [0, 0.05) is 30.9 Å². The van der Waals surface area contributed by atoms with E-state index in [2.05, 4.69) is 32.8 Å². The summed E-state index contributed by atoms with van der Waals surface area (Å²) in [5.41, 5.74) is 1.60. The lowest BCUT2D eigenvalue weighted by Gasteiger charge is -2.10. The number of anilines is 4. The molecule has 3 N–H and O–H groups in total. The topological polar surface area (TPSA) is 78.9 Å². The first-order chi connectivity index (χ1) is 11.2. The molecule has 1 aromatic carbocycles. The van der Waals surface area contributed by atoms with E-state index in [9.17, 15) is 4.79 Å². The molecule has 0 fully saturated rings. The van der Waals surface area contributed by atoms with E-state index in [4.69, 9.17) is 0 Å². The number of benzene rings is 1. The molecule has 2 rings (SSSR count). The molecule has 6 heteroatoms. The maximum Gasteiger partial charge on any atom is 0.221 e. The molecule has 0 radical (unpaired) electrons. The first kappa shape index (κ1) is 16.7. The maximum absolute atomic E-state index is 11.1. The van der Waals surface area contributed by atoms with E-state index in [1.165, 1.54) is 26.1 Å². The molecule has 0 spiro atoms. The zero-order valence-corrected chi connectivity index (χ0v) is 13.6. The zero-order chi connectivity index (χ0) is 16.5. The minimum absolute atomic E-state index is 0.0947. The fourth-order valence-corrected chi connectivity index (χ4v) is 2.14. The Hall–Kier alpha value is -2.63. The van der Waals surface area contributed by atoms with Crippen molar-refractivity contribution in [3.05, 3.63) is 36.7 Å². The number of nitrogens with zero attached hydrogens (tertiary/aromatic N) is 2. The number of nitrogens with one attached hydrogen (secondary N) is 3. The van der Waals surface area contributed by atoms with Crippen LogP contribution in [0.5, 0.6) is 0 Å². The molecule has 0 saturated heterocycles. The lowest BCUT2D eigenvalue weighted by atomic mass is 10.2. The van der Waals surface area contributed by atoms with Crippen LogP contribution in [0, 0.1) is 0 Å². The molecule has 0 bridgehead atoms. The van der Waals surface area contributed by atoms with Crippen molar-refractivity contribution in [2.75, 3.05) is 22.5 Å². The summed E-state index contributed by atoms with van der Waals surface area (Å²) in [5.74, 6) is 1.41. The summed E-state index contributed by atoms with van der Waals surface area (Å²) >= 11 is 0. The molecular formula is C17H23N5O. The summed E-state index contributed by atoms with van der Waals surface area (Å²) in [5, 5.41) is 9.27. The largest absolute Gasteiger partial charge is 0.370 e. The van der Waals surface area contributed by atoms with Crippen LogP contribution in [0.2, 0.25) is 0 Å². The number of hydrogen-bond acceptors (Lipinski definition) is 5. The van der Waals surface area contributed by atoms with Gasteiger partial charge >= 0.3 is 0 Å². The van der Waals surface area contributed by atoms with Crippen molar-refractivity contribution in [1.29, 1.82) is 0 Å². The van der Waals surface area contributed by atoms with E-state index >= 15 is 0 Å². The number of hydrogen-bond donors (Lipinski definition) is 3. The predicted octanol–water partition coefficient (Wildman–Crippen LogP) is 3.78. The molecule has 2 aromatic rings. The minimum Gasteiger partial charge on any atom is -0.370 e. The van der Waals surface area contributed by atoms with Crippen molar-refractivity contribution < 1.29 is 4.79 Å². The summed E-state index contributed by atoms with van der Waals surface area (Å²) in [4.78, 5) is 19.6. The Morgan fingerprint density at radius 3 is 2.65 bits per heavy atom. The molecule has 0 unspecified atom stereocenters. The molecule has 122 valence electrons. The van der Waals surface area contributed by atoms with Gasteiger partial charge in [-0.1, -0.05) is 25.8 Å². The van der Waals surface area contributed by atoms with Crippen LogP contribution in [0.3, 0.4) is 0 Å². The number of amides is 1. The molecule has 1 aromatic heterocycles. The Bertz CT molecular complexity index is 644. The van der Waals surface area contributed by atoms with Gasteiger partial charge in [0.05, 0.1) is 0 Å². The van der Waals surface area contributed by atoms with Gasteiger partial charge in [-0.05, 0) is 24.6 Å². The van der Waals surface area contributed by atoms with Crippen LogP contribution in [0.4, 0.5) is 23.0 Å². The Morgan fingerprint density at radius 2 is 1.87 bits per heavy atom. The third kappa shape index (κ3) is 5.94. The SMILES string of the molecule is CCCCCNc1cc(Nc2cccc(NC(C)=O)c2)ncn1. The zero-order valence-electron chi connectivity index (χ0n) is 13.6. The highest BCUT2D eigenvalue weighted by molar-refractivity contribution is 5.89. The second kappa shape index (κ2) is 8.73. The number of carbonyl (C=O) groups is 1. The van der Waals surface area contributed by atoms with Crippen LogP contribution in [-0.4, -0.2) is 22.4 Å². The minimum atomic E-state index is -0.0947. The normalized spacial score (nSPS) is 10.2. The number of carbonyl (C=O) groups excluding carboxylic acids is 1. The Morgan fingerprint density at radius 1 is 1.09 bits per heavy atom. The Kier molecular flexibility index (Phi) is 6.35. The van der Waals surface area contributed by atoms with Gasteiger partial charge in [0.15, 0.2) is 0 Å². The van der Waals surface area contributed by atoms with Crippen molar-refractivity contribution in [3.8, 4) is 0 Å². The molecule has 1 amide bonds. The summed E-state index contributed by atoms with van der Waals surface area (Å²) in [6.45, 7) is 4.57. The molecular weight excluding hydrogens is 290 g/mol. The van der Waals surface area contributed by atoms with Crippen molar-refractivity contribution in [3.63, 3.8) is 0 Å². The van der Waals surface area contributed by atoms with Crippen LogP contribution in [-0.2, 0) is 4.79 Å². The van der Waals surface area contributed by atoms with Gasteiger partial charge in [-0.25, -0.2) is 9.97 Å². The second-order valence-corrected chi connectivity index (χ2v) is 5.31. The number of unbranched alkanes of at least 4 members (excludes halogenated alkanes) is 2. The standard InChI is InChI=1S/C17H23N5O/c1-3-4-5-9-18-16-11-17(20-12-19-16)22-15-8-6-7-14(10-15)21-13(2)23/h6-8,10-12H,3-5,9H2,1-2H3,(H,21,23)(H2,18,19,20,22). The van der Waals surface area contributed by atoms with Gasteiger partial charge < -0.3 is 16.0 Å².